The Bertz CT molecular complexity index is 648. The Labute approximate surface area is 137 Å². The van der Waals surface area contributed by atoms with E-state index in [1.54, 1.807) is 0 Å². The molecule has 1 fully saturated rings. The summed E-state index contributed by atoms with van der Waals surface area (Å²) in [5, 5.41) is 0. The van der Waals surface area contributed by atoms with E-state index in [9.17, 15) is 9.59 Å². The van der Waals surface area contributed by atoms with Crippen molar-refractivity contribution in [2.24, 2.45) is 5.92 Å². The standard InChI is InChI=1S/C18H25N3O2/c1-18(2,3)21-11-12(10-16(21)22)17(23)20-9-5-6-13-14(19)7-4-8-15(13)20/h4,7-8,12H,5-6,9-11,19H2,1-3H3. The highest BCUT2D eigenvalue weighted by Gasteiger charge is 2.41. The van der Waals surface area contributed by atoms with Gasteiger partial charge in [0.05, 0.1) is 5.92 Å². The minimum atomic E-state index is -0.255. The lowest BCUT2D eigenvalue weighted by Gasteiger charge is -2.34. The zero-order valence-corrected chi connectivity index (χ0v) is 14.1. The Morgan fingerprint density at radius 2 is 2.04 bits per heavy atom. The molecule has 0 aliphatic carbocycles. The maximum atomic E-state index is 13.0. The van der Waals surface area contributed by atoms with Gasteiger partial charge in [0.15, 0.2) is 0 Å². The van der Waals surface area contributed by atoms with Gasteiger partial charge < -0.3 is 15.5 Å². The predicted octanol–water partition coefficient (Wildman–Crippen LogP) is 2.19. The number of nitrogens with zero attached hydrogens (tertiary/aromatic N) is 2. The van der Waals surface area contributed by atoms with E-state index in [0.717, 1.165) is 29.8 Å². The molecule has 2 heterocycles. The van der Waals surface area contributed by atoms with E-state index in [1.165, 1.54) is 0 Å². The summed E-state index contributed by atoms with van der Waals surface area (Å²) in [4.78, 5) is 28.9. The third kappa shape index (κ3) is 2.80. The lowest BCUT2D eigenvalue weighted by atomic mass is 9.97. The number of carbonyl (C=O) groups is 2. The zero-order chi connectivity index (χ0) is 16.8. The van der Waals surface area contributed by atoms with Crippen molar-refractivity contribution < 1.29 is 9.59 Å². The Kier molecular flexibility index (Phi) is 3.82. The molecule has 23 heavy (non-hydrogen) atoms. The lowest BCUT2D eigenvalue weighted by molar-refractivity contribution is -0.131. The molecule has 1 unspecified atom stereocenters. The van der Waals surface area contributed by atoms with Gasteiger partial charge in [0.25, 0.3) is 0 Å². The minimum Gasteiger partial charge on any atom is -0.398 e. The number of carbonyl (C=O) groups excluding carboxylic acids is 2. The van der Waals surface area contributed by atoms with Gasteiger partial charge in [0.2, 0.25) is 11.8 Å². The molecule has 1 aromatic rings. The van der Waals surface area contributed by atoms with Crippen LogP contribution in [0.25, 0.3) is 0 Å². The second-order valence-corrected chi connectivity index (χ2v) is 7.51. The molecule has 124 valence electrons. The van der Waals surface area contributed by atoms with Crippen LogP contribution in [-0.2, 0) is 16.0 Å². The van der Waals surface area contributed by atoms with Gasteiger partial charge in [-0.1, -0.05) is 6.07 Å². The summed E-state index contributed by atoms with van der Waals surface area (Å²) in [5.74, 6) is -0.133. The fourth-order valence-corrected chi connectivity index (χ4v) is 3.62. The van der Waals surface area contributed by atoms with Gasteiger partial charge >= 0.3 is 0 Å². The highest BCUT2D eigenvalue weighted by molar-refractivity contribution is 6.00. The van der Waals surface area contributed by atoms with Crippen LogP contribution in [0.15, 0.2) is 18.2 Å². The van der Waals surface area contributed by atoms with Crippen LogP contribution in [-0.4, -0.2) is 35.3 Å². The average Bonchev–Trinajstić information content (AvgIpc) is 2.89. The van der Waals surface area contributed by atoms with Gasteiger partial charge in [0, 0.05) is 36.4 Å². The summed E-state index contributed by atoms with van der Waals surface area (Å²) in [6.45, 7) is 7.24. The van der Waals surface area contributed by atoms with E-state index in [1.807, 2.05) is 48.8 Å². The SMILES string of the molecule is CC(C)(C)N1CC(C(=O)N2CCCc3c(N)cccc32)CC1=O. The number of amides is 2. The second-order valence-electron chi connectivity index (χ2n) is 7.51. The van der Waals surface area contributed by atoms with Crippen LogP contribution in [0.3, 0.4) is 0 Å². The van der Waals surface area contributed by atoms with Crippen molar-refractivity contribution in [1.29, 1.82) is 0 Å². The van der Waals surface area contributed by atoms with Crippen LogP contribution < -0.4 is 10.6 Å². The largest absolute Gasteiger partial charge is 0.398 e. The first kappa shape index (κ1) is 15.8. The quantitative estimate of drug-likeness (QED) is 0.808. The van der Waals surface area contributed by atoms with Crippen LogP contribution in [0.5, 0.6) is 0 Å². The van der Waals surface area contributed by atoms with Gasteiger partial charge in [-0.3, -0.25) is 9.59 Å². The first-order valence-electron chi connectivity index (χ1n) is 8.28. The molecule has 0 bridgehead atoms. The van der Waals surface area contributed by atoms with Crippen LogP contribution in [0.1, 0.15) is 39.2 Å². The third-order valence-electron chi connectivity index (χ3n) is 4.84. The van der Waals surface area contributed by atoms with E-state index >= 15 is 0 Å². The van der Waals surface area contributed by atoms with Crippen LogP contribution in [0, 0.1) is 5.92 Å². The zero-order valence-electron chi connectivity index (χ0n) is 14.1. The highest BCUT2D eigenvalue weighted by Crippen LogP contribution is 2.34. The molecule has 5 heteroatoms. The van der Waals surface area contributed by atoms with Crippen molar-refractivity contribution in [2.75, 3.05) is 23.7 Å². The summed E-state index contributed by atoms with van der Waals surface area (Å²) in [6.07, 6.45) is 2.13. The van der Waals surface area contributed by atoms with Gasteiger partial charge in [-0.05, 0) is 51.3 Å². The van der Waals surface area contributed by atoms with E-state index < -0.39 is 0 Å². The molecule has 0 spiro atoms. The number of hydrogen-bond acceptors (Lipinski definition) is 3. The summed E-state index contributed by atoms with van der Waals surface area (Å²) < 4.78 is 0. The van der Waals surface area contributed by atoms with Crippen molar-refractivity contribution in [3.63, 3.8) is 0 Å². The van der Waals surface area contributed by atoms with E-state index in [4.69, 9.17) is 5.73 Å². The normalized spacial score (nSPS) is 21.5. The van der Waals surface area contributed by atoms with Crippen molar-refractivity contribution in [2.45, 2.75) is 45.6 Å². The molecular formula is C18H25N3O2. The molecule has 0 radical (unpaired) electrons. The molecule has 0 saturated carbocycles. The summed E-state index contributed by atoms with van der Waals surface area (Å²) >= 11 is 0. The Morgan fingerprint density at radius 1 is 1.30 bits per heavy atom. The molecule has 1 aromatic carbocycles. The van der Waals surface area contributed by atoms with Crippen molar-refractivity contribution in [1.82, 2.24) is 4.90 Å². The van der Waals surface area contributed by atoms with Gasteiger partial charge in [-0.25, -0.2) is 0 Å². The molecule has 1 saturated heterocycles. The van der Waals surface area contributed by atoms with Gasteiger partial charge in [0.1, 0.15) is 0 Å². The van der Waals surface area contributed by atoms with Gasteiger partial charge in [-0.2, -0.15) is 0 Å². The molecule has 3 rings (SSSR count). The number of benzene rings is 1. The Balaban J connectivity index is 1.84. The minimum absolute atomic E-state index is 0.0525. The maximum absolute atomic E-state index is 13.0. The monoisotopic (exact) mass is 315 g/mol. The number of likely N-dealkylation sites (tertiary alicyclic amines) is 1. The van der Waals surface area contributed by atoms with Crippen LogP contribution in [0.4, 0.5) is 11.4 Å². The lowest BCUT2D eigenvalue weighted by Crippen LogP contribution is -2.44. The molecule has 2 aliphatic heterocycles. The topological polar surface area (TPSA) is 66.6 Å². The number of hydrogen-bond donors (Lipinski definition) is 1. The summed E-state index contributed by atoms with van der Waals surface area (Å²) in [5.41, 5.74) is 8.55. The number of fused-ring (bicyclic) bond motifs is 1. The van der Waals surface area contributed by atoms with Gasteiger partial charge in [-0.15, -0.1) is 0 Å². The third-order valence-corrected chi connectivity index (χ3v) is 4.84. The van der Waals surface area contributed by atoms with Crippen molar-refractivity contribution >= 4 is 23.2 Å². The Hall–Kier alpha value is -2.04. The van der Waals surface area contributed by atoms with Crippen LogP contribution >= 0.6 is 0 Å². The number of nitrogen functional groups attached to an aromatic ring is 1. The molecule has 2 amide bonds. The first-order valence-corrected chi connectivity index (χ1v) is 8.28. The molecular weight excluding hydrogens is 290 g/mol. The fraction of sp³-hybridized carbons (Fsp3) is 0.556. The number of nitrogens with two attached hydrogens (primary N) is 1. The summed E-state index contributed by atoms with van der Waals surface area (Å²) in [7, 11) is 0. The molecule has 2 N–H and O–H groups in total. The molecule has 1 atom stereocenters. The van der Waals surface area contributed by atoms with E-state index in [-0.39, 0.29) is 23.3 Å². The number of rotatable bonds is 1. The molecule has 2 aliphatic rings. The second kappa shape index (κ2) is 5.55. The number of anilines is 2. The van der Waals surface area contributed by atoms with Crippen molar-refractivity contribution in [3.8, 4) is 0 Å². The molecule has 0 aromatic heterocycles. The van der Waals surface area contributed by atoms with E-state index in [0.29, 0.717) is 19.5 Å². The van der Waals surface area contributed by atoms with E-state index in [2.05, 4.69) is 0 Å². The van der Waals surface area contributed by atoms with Crippen LogP contribution in [0.2, 0.25) is 0 Å². The highest BCUT2D eigenvalue weighted by atomic mass is 16.2. The maximum Gasteiger partial charge on any atom is 0.232 e. The average molecular weight is 315 g/mol. The Morgan fingerprint density at radius 3 is 2.70 bits per heavy atom. The predicted molar refractivity (Wildman–Crippen MR) is 91.1 cm³/mol. The first-order chi connectivity index (χ1) is 10.8. The summed E-state index contributed by atoms with van der Waals surface area (Å²) in [6, 6.07) is 5.73. The molecule has 5 nitrogen and oxygen atoms in total. The fourth-order valence-electron chi connectivity index (χ4n) is 3.62. The smallest absolute Gasteiger partial charge is 0.232 e. The van der Waals surface area contributed by atoms with Crippen molar-refractivity contribution in [3.05, 3.63) is 23.8 Å².